The zero-order valence-electron chi connectivity index (χ0n) is 10.6. The highest BCUT2D eigenvalue weighted by atomic mass is 19.4. The molecule has 0 aliphatic rings. The zero-order valence-corrected chi connectivity index (χ0v) is 10.6. The Labute approximate surface area is 113 Å². The molecule has 0 amide bonds. The van der Waals surface area contributed by atoms with Gasteiger partial charge in [0.05, 0.1) is 11.6 Å². The van der Waals surface area contributed by atoms with Gasteiger partial charge in [0, 0.05) is 12.4 Å². The van der Waals surface area contributed by atoms with Gasteiger partial charge in [0.2, 0.25) is 0 Å². The minimum atomic E-state index is -4.59. The summed E-state index contributed by atoms with van der Waals surface area (Å²) in [6, 6.07) is 2.85. The molecule has 6 heteroatoms. The number of rotatable bonds is 2. The number of alkyl halides is 3. The third-order valence-corrected chi connectivity index (χ3v) is 3.07. The predicted octanol–water partition coefficient (Wildman–Crippen LogP) is 3.60. The molecule has 2 N–H and O–H groups in total. The van der Waals surface area contributed by atoms with Crippen molar-refractivity contribution in [3.05, 3.63) is 64.7 Å². The maximum absolute atomic E-state index is 13.3. The van der Waals surface area contributed by atoms with Crippen molar-refractivity contribution >= 4 is 0 Å². The van der Waals surface area contributed by atoms with E-state index in [1.165, 1.54) is 12.4 Å². The van der Waals surface area contributed by atoms with Crippen LogP contribution < -0.4 is 5.73 Å². The molecule has 1 atom stereocenters. The fourth-order valence-electron chi connectivity index (χ4n) is 2.02. The summed E-state index contributed by atoms with van der Waals surface area (Å²) in [6.07, 6.45) is -1.68. The molecule has 0 saturated heterocycles. The first-order valence-corrected chi connectivity index (χ1v) is 5.83. The first-order chi connectivity index (χ1) is 9.30. The summed E-state index contributed by atoms with van der Waals surface area (Å²) in [4.78, 5) is 3.85. The topological polar surface area (TPSA) is 38.9 Å². The van der Waals surface area contributed by atoms with Crippen LogP contribution in [0.25, 0.3) is 0 Å². The first kappa shape index (κ1) is 14.5. The fourth-order valence-corrected chi connectivity index (χ4v) is 2.02. The number of hydrogen-bond acceptors (Lipinski definition) is 2. The van der Waals surface area contributed by atoms with Gasteiger partial charge >= 0.3 is 6.18 Å². The maximum atomic E-state index is 13.3. The molecule has 0 saturated carbocycles. The van der Waals surface area contributed by atoms with Crippen molar-refractivity contribution in [1.29, 1.82) is 0 Å². The standard InChI is InChI=1S/C14H12F4N2/c1-8-4-5-20-7-11(8)13(19)10-6-9(15)2-3-12(10)14(16,17)18/h2-7,13H,19H2,1H3. The molecule has 106 valence electrons. The van der Waals surface area contributed by atoms with E-state index in [-0.39, 0.29) is 5.56 Å². The Bertz CT molecular complexity index is 623. The van der Waals surface area contributed by atoms with Gasteiger partial charge in [-0.05, 0) is 47.9 Å². The lowest BCUT2D eigenvalue weighted by Crippen LogP contribution is -2.19. The molecule has 1 aromatic carbocycles. The van der Waals surface area contributed by atoms with Gasteiger partial charge in [-0.1, -0.05) is 0 Å². The summed E-state index contributed by atoms with van der Waals surface area (Å²) >= 11 is 0. The van der Waals surface area contributed by atoms with Crippen LogP contribution in [-0.4, -0.2) is 4.98 Å². The highest BCUT2D eigenvalue weighted by Crippen LogP contribution is 2.36. The lowest BCUT2D eigenvalue weighted by Gasteiger charge is -2.19. The summed E-state index contributed by atoms with van der Waals surface area (Å²) < 4.78 is 52.2. The lowest BCUT2D eigenvalue weighted by molar-refractivity contribution is -0.138. The average molecular weight is 284 g/mol. The molecular weight excluding hydrogens is 272 g/mol. The van der Waals surface area contributed by atoms with Crippen LogP contribution in [0.1, 0.15) is 28.3 Å². The molecule has 0 spiro atoms. The van der Waals surface area contributed by atoms with E-state index in [1.807, 2.05) is 0 Å². The molecule has 2 rings (SSSR count). The quantitative estimate of drug-likeness (QED) is 0.856. The molecule has 0 bridgehead atoms. The van der Waals surface area contributed by atoms with Gasteiger partial charge in [0.1, 0.15) is 5.82 Å². The minimum absolute atomic E-state index is 0.298. The van der Waals surface area contributed by atoms with Gasteiger partial charge in [0.25, 0.3) is 0 Å². The van der Waals surface area contributed by atoms with Crippen LogP contribution in [0.4, 0.5) is 17.6 Å². The van der Waals surface area contributed by atoms with Crippen molar-refractivity contribution in [2.24, 2.45) is 5.73 Å². The van der Waals surface area contributed by atoms with Gasteiger partial charge in [-0.3, -0.25) is 4.98 Å². The van der Waals surface area contributed by atoms with Crippen molar-refractivity contribution in [1.82, 2.24) is 4.98 Å². The van der Waals surface area contributed by atoms with Crippen LogP contribution in [0.5, 0.6) is 0 Å². The van der Waals surface area contributed by atoms with Crippen molar-refractivity contribution < 1.29 is 17.6 Å². The molecule has 0 fully saturated rings. The molecule has 0 radical (unpaired) electrons. The Morgan fingerprint density at radius 1 is 1.15 bits per heavy atom. The van der Waals surface area contributed by atoms with E-state index in [1.54, 1.807) is 13.0 Å². The molecule has 1 aromatic heterocycles. The van der Waals surface area contributed by atoms with E-state index in [0.29, 0.717) is 17.2 Å². The Kier molecular flexibility index (Phi) is 3.76. The van der Waals surface area contributed by atoms with E-state index in [0.717, 1.165) is 12.1 Å². The number of aromatic nitrogens is 1. The fraction of sp³-hybridized carbons (Fsp3) is 0.214. The SMILES string of the molecule is Cc1ccncc1C(N)c1cc(F)ccc1C(F)(F)F. The molecule has 0 aliphatic carbocycles. The third-order valence-electron chi connectivity index (χ3n) is 3.07. The van der Waals surface area contributed by atoms with Gasteiger partial charge in [0.15, 0.2) is 0 Å². The molecule has 1 heterocycles. The van der Waals surface area contributed by atoms with Crippen LogP contribution in [0.2, 0.25) is 0 Å². The van der Waals surface area contributed by atoms with E-state index >= 15 is 0 Å². The number of aryl methyl sites for hydroxylation is 1. The van der Waals surface area contributed by atoms with Crippen molar-refractivity contribution in [2.45, 2.75) is 19.1 Å². The summed E-state index contributed by atoms with van der Waals surface area (Å²) in [7, 11) is 0. The van der Waals surface area contributed by atoms with E-state index in [2.05, 4.69) is 4.98 Å². The van der Waals surface area contributed by atoms with Crippen molar-refractivity contribution in [3.63, 3.8) is 0 Å². The third kappa shape index (κ3) is 2.80. The Morgan fingerprint density at radius 2 is 1.85 bits per heavy atom. The molecule has 0 aliphatic heterocycles. The second kappa shape index (κ2) is 5.20. The minimum Gasteiger partial charge on any atom is -0.320 e. The van der Waals surface area contributed by atoms with Crippen LogP contribution in [-0.2, 0) is 6.18 Å². The van der Waals surface area contributed by atoms with E-state index in [4.69, 9.17) is 5.73 Å². The molecule has 2 nitrogen and oxygen atoms in total. The summed E-state index contributed by atoms with van der Waals surface area (Å²) in [5, 5.41) is 0. The van der Waals surface area contributed by atoms with Crippen LogP contribution in [0.15, 0.2) is 36.7 Å². The second-order valence-corrected chi connectivity index (χ2v) is 4.44. The molecular formula is C14H12F4N2. The van der Waals surface area contributed by atoms with E-state index < -0.39 is 23.6 Å². The van der Waals surface area contributed by atoms with Gasteiger partial charge < -0.3 is 5.73 Å². The second-order valence-electron chi connectivity index (χ2n) is 4.44. The van der Waals surface area contributed by atoms with Gasteiger partial charge in [-0.25, -0.2) is 4.39 Å². The molecule has 20 heavy (non-hydrogen) atoms. The Morgan fingerprint density at radius 3 is 2.45 bits per heavy atom. The van der Waals surface area contributed by atoms with Gasteiger partial charge in [-0.2, -0.15) is 13.2 Å². The Hall–Kier alpha value is -1.95. The molecule has 1 unspecified atom stereocenters. The molecule has 2 aromatic rings. The summed E-state index contributed by atoms with van der Waals surface area (Å²) in [6.45, 7) is 1.71. The zero-order chi connectivity index (χ0) is 14.9. The predicted molar refractivity (Wildman–Crippen MR) is 66.4 cm³/mol. The number of pyridine rings is 1. The largest absolute Gasteiger partial charge is 0.416 e. The number of halogens is 4. The number of nitrogens with two attached hydrogens (primary N) is 1. The lowest BCUT2D eigenvalue weighted by atomic mass is 9.93. The number of benzene rings is 1. The summed E-state index contributed by atoms with van der Waals surface area (Å²) in [5.74, 6) is -0.759. The number of nitrogens with zero attached hydrogens (tertiary/aromatic N) is 1. The average Bonchev–Trinajstić information content (AvgIpc) is 2.37. The van der Waals surface area contributed by atoms with Gasteiger partial charge in [-0.15, -0.1) is 0 Å². The maximum Gasteiger partial charge on any atom is 0.416 e. The smallest absolute Gasteiger partial charge is 0.320 e. The Balaban J connectivity index is 2.57. The first-order valence-electron chi connectivity index (χ1n) is 5.83. The van der Waals surface area contributed by atoms with Crippen LogP contribution in [0.3, 0.4) is 0 Å². The normalized spacial score (nSPS) is 13.3. The van der Waals surface area contributed by atoms with Crippen LogP contribution >= 0.6 is 0 Å². The monoisotopic (exact) mass is 284 g/mol. The highest BCUT2D eigenvalue weighted by Gasteiger charge is 2.35. The van der Waals surface area contributed by atoms with Crippen molar-refractivity contribution in [3.8, 4) is 0 Å². The van der Waals surface area contributed by atoms with Crippen LogP contribution in [0, 0.1) is 12.7 Å². The van der Waals surface area contributed by atoms with E-state index in [9.17, 15) is 17.6 Å². The number of hydrogen-bond donors (Lipinski definition) is 1. The van der Waals surface area contributed by atoms with Crippen molar-refractivity contribution in [2.75, 3.05) is 0 Å². The highest BCUT2D eigenvalue weighted by molar-refractivity contribution is 5.40. The summed E-state index contributed by atoms with van der Waals surface area (Å²) in [5.41, 5.74) is 5.78.